The number of benzene rings is 1. The van der Waals surface area contributed by atoms with Gasteiger partial charge in [-0.1, -0.05) is 11.6 Å². The van der Waals surface area contributed by atoms with Crippen LogP contribution in [0.1, 0.15) is 11.1 Å². The van der Waals surface area contributed by atoms with E-state index >= 15 is 0 Å². The number of aryl methyl sites for hydroxylation is 2. The van der Waals surface area contributed by atoms with Crippen molar-refractivity contribution >= 4 is 21.9 Å². The molecule has 0 bridgehead atoms. The fraction of sp³-hybridized carbons (Fsp3) is 0.154. The molecule has 15 heavy (non-hydrogen) atoms. The molecule has 2 aromatic heterocycles. The number of hydrogen-bond acceptors (Lipinski definition) is 1. The minimum Gasteiger partial charge on any atom is -0.339 e. The number of H-pyrrole nitrogens is 1. The molecule has 0 saturated heterocycles. The van der Waals surface area contributed by atoms with Crippen LogP contribution in [0.3, 0.4) is 0 Å². The van der Waals surface area contributed by atoms with Crippen molar-refractivity contribution in [2.45, 2.75) is 13.8 Å². The van der Waals surface area contributed by atoms with E-state index in [1.165, 1.54) is 21.9 Å². The predicted octanol–water partition coefficient (Wildman–Crippen LogP) is 3.33. The summed E-state index contributed by atoms with van der Waals surface area (Å²) in [7, 11) is 0. The van der Waals surface area contributed by atoms with Crippen LogP contribution in [-0.2, 0) is 0 Å². The molecule has 1 N–H and O–H groups in total. The Morgan fingerprint density at radius 2 is 1.80 bits per heavy atom. The van der Waals surface area contributed by atoms with Crippen LogP contribution in [0.2, 0.25) is 0 Å². The molecule has 0 aliphatic heterocycles. The van der Waals surface area contributed by atoms with E-state index < -0.39 is 0 Å². The van der Waals surface area contributed by atoms with E-state index in [4.69, 9.17) is 0 Å². The van der Waals surface area contributed by atoms with Crippen LogP contribution >= 0.6 is 0 Å². The monoisotopic (exact) mass is 196 g/mol. The molecule has 74 valence electrons. The lowest BCUT2D eigenvalue weighted by molar-refractivity contribution is 1.30. The molecule has 0 fully saturated rings. The second-order valence-corrected chi connectivity index (χ2v) is 4.08. The fourth-order valence-electron chi connectivity index (χ4n) is 1.99. The van der Waals surface area contributed by atoms with Crippen molar-refractivity contribution in [3.8, 4) is 0 Å². The maximum absolute atomic E-state index is 4.39. The zero-order chi connectivity index (χ0) is 10.4. The lowest BCUT2D eigenvalue weighted by Gasteiger charge is -1.94. The highest BCUT2D eigenvalue weighted by atomic mass is 14.8. The van der Waals surface area contributed by atoms with E-state index in [1.807, 2.05) is 6.20 Å². The molecule has 2 heterocycles. The number of aromatic amines is 1. The SMILES string of the molecule is Cc1ccc2[nH]c3ncc(C)cc3c2c1. The number of aromatic nitrogens is 2. The van der Waals surface area contributed by atoms with Gasteiger partial charge in [0.1, 0.15) is 5.65 Å². The van der Waals surface area contributed by atoms with Gasteiger partial charge in [0.25, 0.3) is 0 Å². The molecule has 0 amide bonds. The fourth-order valence-corrected chi connectivity index (χ4v) is 1.99. The molecule has 0 radical (unpaired) electrons. The Hall–Kier alpha value is -1.83. The number of nitrogens with one attached hydrogen (secondary N) is 1. The Labute approximate surface area is 88.0 Å². The standard InChI is InChI=1S/C13H12N2/c1-8-3-4-12-10(5-8)11-6-9(2)7-14-13(11)15-12/h3-7H,1-2H3,(H,14,15). The molecule has 0 unspecified atom stereocenters. The van der Waals surface area contributed by atoms with E-state index in [1.54, 1.807) is 0 Å². The first kappa shape index (κ1) is 8.48. The largest absolute Gasteiger partial charge is 0.339 e. The topological polar surface area (TPSA) is 28.7 Å². The summed E-state index contributed by atoms with van der Waals surface area (Å²) >= 11 is 0. The molecule has 2 heteroatoms. The first-order chi connectivity index (χ1) is 7.24. The van der Waals surface area contributed by atoms with Crippen LogP contribution in [0.25, 0.3) is 21.9 Å². The average molecular weight is 196 g/mol. The Bertz CT molecular complexity index is 594. The second-order valence-electron chi connectivity index (χ2n) is 4.08. The zero-order valence-electron chi connectivity index (χ0n) is 8.83. The lowest BCUT2D eigenvalue weighted by atomic mass is 10.1. The Morgan fingerprint density at radius 3 is 2.67 bits per heavy atom. The van der Waals surface area contributed by atoms with E-state index in [2.05, 4.69) is 48.1 Å². The van der Waals surface area contributed by atoms with E-state index in [0.717, 1.165) is 11.2 Å². The third-order valence-corrected chi connectivity index (χ3v) is 2.74. The molecule has 0 aliphatic carbocycles. The van der Waals surface area contributed by atoms with Crippen LogP contribution < -0.4 is 0 Å². The zero-order valence-corrected chi connectivity index (χ0v) is 8.83. The Kier molecular flexibility index (Phi) is 1.60. The normalized spacial score (nSPS) is 11.3. The van der Waals surface area contributed by atoms with Crippen molar-refractivity contribution in [2.24, 2.45) is 0 Å². The molecule has 3 aromatic rings. The maximum atomic E-state index is 4.39. The van der Waals surface area contributed by atoms with Crippen LogP contribution in [0.15, 0.2) is 30.5 Å². The highest BCUT2D eigenvalue weighted by molar-refractivity contribution is 6.06. The molecule has 1 aromatic carbocycles. The first-order valence-electron chi connectivity index (χ1n) is 5.09. The molecular weight excluding hydrogens is 184 g/mol. The molecule has 0 aliphatic rings. The Morgan fingerprint density at radius 1 is 1.00 bits per heavy atom. The molecule has 0 saturated carbocycles. The molecule has 0 spiro atoms. The summed E-state index contributed by atoms with van der Waals surface area (Å²) in [5.41, 5.74) is 4.62. The van der Waals surface area contributed by atoms with E-state index in [-0.39, 0.29) is 0 Å². The van der Waals surface area contributed by atoms with Gasteiger partial charge in [0.2, 0.25) is 0 Å². The van der Waals surface area contributed by atoms with Gasteiger partial charge >= 0.3 is 0 Å². The van der Waals surface area contributed by atoms with Gasteiger partial charge < -0.3 is 4.98 Å². The average Bonchev–Trinajstić information content (AvgIpc) is 2.56. The molecular formula is C13H12N2. The van der Waals surface area contributed by atoms with Crippen molar-refractivity contribution < 1.29 is 0 Å². The van der Waals surface area contributed by atoms with Crippen LogP contribution in [0, 0.1) is 13.8 Å². The smallest absolute Gasteiger partial charge is 0.138 e. The number of fused-ring (bicyclic) bond motifs is 3. The first-order valence-corrected chi connectivity index (χ1v) is 5.09. The van der Waals surface area contributed by atoms with Gasteiger partial charge in [-0.3, -0.25) is 0 Å². The van der Waals surface area contributed by atoms with Crippen LogP contribution in [0.4, 0.5) is 0 Å². The van der Waals surface area contributed by atoms with Crippen molar-refractivity contribution in [3.05, 3.63) is 41.6 Å². The van der Waals surface area contributed by atoms with Crippen LogP contribution in [-0.4, -0.2) is 9.97 Å². The lowest BCUT2D eigenvalue weighted by Crippen LogP contribution is -1.77. The number of pyridine rings is 1. The van der Waals surface area contributed by atoms with Crippen molar-refractivity contribution in [1.82, 2.24) is 9.97 Å². The quantitative estimate of drug-likeness (QED) is 0.587. The van der Waals surface area contributed by atoms with Crippen molar-refractivity contribution in [1.29, 1.82) is 0 Å². The molecule has 3 rings (SSSR count). The van der Waals surface area contributed by atoms with Gasteiger partial charge in [-0.2, -0.15) is 0 Å². The van der Waals surface area contributed by atoms with Crippen molar-refractivity contribution in [2.75, 3.05) is 0 Å². The van der Waals surface area contributed by atoms with Crippen LogP contribution in [0.5, 0.6) is 0 Å². The van der Waals surface area contributed by atoms with E-state index in [0.29, 0.717) is 0 Å². The number of nitrogens with zero attached hydrogens (tertiary/aromatic N) is 1. The molecule has 0 atom stereocenters. The summed E-state index contributed by atoms with van der Waals surface area (Å²) in [6, 6.07) is 8.61. The highest BCUT2D eigenvalue weighted by Gasteiger charge is 2.04. The molecule has 2 nitrogen and oxygen atoms in total. The van der Waals surface area contributed by atoms with E-state index in [9.17, 15) is 0 Å². The van der Waals surface area contributed by atoms with Gasteiger partial charge in [-0.15, -0.1) is 0 Å². The summed E-state index contributed by atoms with van der Waals surface area (Å²) in [5, 5.41) is 2.48. The summed E-state index contributed by atoms with van der Waals surface area (Å²) < 4.78 is 0. The number of hydrogen-bond donors (Lipinski definition) is 1. The second kappa shape index (κ2) is 2.83. The Balaban J connectivity index is 2.55. The highest BCUT2D eigenvalue weighted by Crippen LogP contribution is 2.25. The van der Waals surface area contributed by atoms with Gasteiger partial charge in [-0.05, 0) is 37.6 Å². The summed E-state index contributed by atoms with van der Waals surface area (Å²) in [4.78, 5) is 7.71. The third-order valence-electron chi connectivity index (χ3n) is 2.74. The van der Waals surface area contributed by atoms with Gasteiger partial charge in [0, 0.05) is 22.5 Å². The van der Waals surface area contributed by atoms with Crippen molar-refractivity contribution in [3.63, 3.8) is 0 Å². The summed E-state index contributed by atoms with van der Waals surface area (Å²) in [6.45, 7) is 4.18. The minimum absolute atomic E-state index is 0.973. The van der Waals surface area contributed by atoms with Gasteiger partial charge in [0.05, 0.1) is 0 Å². The minimum atomic E-state index is 0.973. The predicted molar refractivity (Wildman–Crippen MR) is 63.1 cm³/mol. The van der Waals surface area contributed by atoms with Gasteiger partial charge in [-0.25, -0.2) is 4.98 Å². The summed E-state index contributed by atoms with van der Waals surface area (Å²) in [6.07, 6.45) is 1.89. The maximum Gasteiger partial charge on any atom is 0.138 e. The van der Waals surface area contributed by atoms with Gasteiger partial charge in [0.15, 0.2) is 0 Å². The summed E-state index contributed by atoms with van der Waals surface area (Å²) in [5.74, 6) is 0. The third kappa shape index (κ3) is 1.22. The number of rotatable bonds is 0.